The molecule has 1 unspecified atom stereocenters. The van der Waals surface area contributed by atoms with Crippen LogP contribution < -0.4 is 24.4 Å². The van der Waals surface area contributed by atoms with Gasteiger partial charge in [-0.15, -0.1) is 0 Å². The molecule has 30 heavy (non-hydrogen) atoms. The predicted molar refractivity (Wildman–Crippen MR) is 114 cm³/mol. The fourth-order valence-corrected chi connectivity index (χ4v) is 3.81. The lowest BCUT2D eigenvalue weighted by molar-refractivity contribution is -0.122. The minimum Gasteiger partial charge on any atom is -0.492 e. The molecule has 0 spiro atoms. The van der Waals surface area contributed by atoms with E-state index in [4.69, 9.17) is 14.2 Å². The molecule has 2 heterocycles. The Bertz CT molecular complexity index is 959. The fraction of sp³-hybridized carbons (Fsp3) is 0.391. The molecule has 2 aromatic rings. The number of carbonyl (C=O) groups excluding carboxylic acids is 2. The van der Waals surface area contributed by atoms with Gasteiger partial charge in [-0.2, -0.15) is 0 Å². The van der Waals surface area contributed by atoms with Gasteiger partial charge in [0.2, 0.25) is 11.8 Å². The molecule has 0 fully saturated rings. The zero-order chi connectivity index (χ0) is 21.1. The van der Waals surface area contributed by atoms with Crippen molar-refractivity contribution in [1.29, 1.82) is 0 Å². The number of para-hydroxylation sites is 2. The summed E-state index contributed by atoms with van der Waals surface area (Å²) in [5, 5.41) is 2.88. The number of fused-ring (bicyclic) bond motifs is 2. The number of ether oxygens (including phenoxy) is 3. The summed E-state index contributed by atoms with van der Waals surface area (Å²) in [5.74, 6) is 1.74. The zero-order valence-electron chi connectivity index (χ0n) is 17.3. The molecule has 0 saturated heterocycles. The highest BCUT2D eigenvalue weighted by molar-refractivity contribution is 5.99. The number of hydrogen-bond acceptors (Lipinski definition) is 5. The first-order chi connectivity index (χ1) is 14.5. The first kappa shape index (κ1) is 20.1. The number of benzene rings is 2. The summed E-state index contributed by atoms with van der Waals surface area (Å²) >= 11 is 0. The molecule has 0 saturated carbocycles. The lowest BCUT2D eigenvalue weighted by atomic mass is 10.1. The predicted octanol–water partition coefficient (Wildman–Crippen LogP) is 3.55. The molecule has 1 N–H and O–H groups in total. The molecule has 2 aromatic carbocycles. The molecule has 2 amide bonds. The normalized spacial score (nSPS) is 16.7. The van der Waals surface area contributed by atoms with E-state index in [9.17, 15) is 9.59 Å². The van der Waals surface area contributed by atoms with Gasteiger partial charge in [-0.3, -0.25) is 9.59 Å². The first-order valence-electron chi connectivity index (χ1n) is 10.3. The lowest BCUT2D eigenvalue weighted by Crippen LogP contribution is -2.38. The summed E-state index contributed by atoms with van der Waals surface area (Å²) in [6, 6.07) is 11.2. The van der Waals surface area contributed by atoms with Crippen LogP contribution in [0, 0.1) is 0 Å². The van der Waals surface area contributed by atoms with Crippen LogP contribution in [0.15, 0.2) is 36.4 Å². The molecule has 158 valence electrons. The molecular formula is C23H26N2O5. The zero-order valence-corrected chi connectivity index (χ0v) is 17.3. The van der Waals surface area contributed by atoms with Crippen molar-refractivity contribution < 1.29 is 23.8 Å². The lowest BCUT2D eigenvalue weighted by Gasteiger charge is -2.29. The highest BCUT2D eigenvalue weighted by Gasteiger charge is 2.25. The van der Waals surface area contributed by atoms with Crippen LogP contribution >= 0.6 is 0 Å². The van der Waals surface area contributed by atoms with Crippen molar-refractivity contribution in [3.63, 3.8) is 0 Å². The van der Waals surface area contributed by atoms with E-state index >= 15 is 0 Å². The van der Waals surface area contributed by atoms with E-state index in [0.29, 0.717) is 36.9 Å². The Morgan fingerprint density at radius 3 is 2.87 bits per heavy atom. The second kappa shape index (κ2) is 8.65. The van der Waals surface area contributed by atoms with Gasteiger partial charge >= 0.3 is 0 Å². The first-order valence-corrected chi connectivity index (χ1v) is 10.3. The summed E-state index contributed by atoms with van der Waals surface area (Å²) < 4.78 is 17.1. The second-order valence-corrected chi connectivity index (χ2v) is 7.43. The standard InChI is InChI=1S/C23H26N2O5/c1-3-28-21-13-16-12-15(2)30-20(16)14-17(21)24-22(26)8-9-23(27)25-10-11-29-19-7-5-4-6-18(19)25/h4-7,13-15H,3,8-12H2,1-2H3,(H,24,26). The second-order valence-electron chi connectivity index (χ2n) is 7.43. The van der Waals surface area contributed by atoms with Gasteiger partial charge in [0, 0.05) is 30.9 Å². The fourth-order valence-electron chi connectivity index (χ4n) is 3.81. The number of rotatable bonds is 6. The molecule has 2 aliphatic rings. The minimum atomic E-state index is -0.239. The molecule has 4 rings (SSSR count). The smallest absolute Gasteiger partial charge is 0.227 e. The summed E-state index contributed by atoms with van der Waals surface area (Å²) in [7, 11) is 0. The quantitative estimate of drug-likeness (QED) is 0.788. The Labute approximate surface area is 175 Å². The third-order valence-corrected chi connectivity index (χ3v) is 5.17. The molecular weight excluding hydrogens is 384 g/mol. The van der Waals surface area contributed by atoms with Gasteiger partial charge in [0.1, 0.15) is 30.0 Å². The van der Waals surface area contributed by atoms with Gasteiger partial charge in [-0.25, -0.2) is 0 Å². The molecule has 0 radical (unpaired) electrons. The van der Waals surface area contributed by atoms with Crippen LogP contribution in [0.4, 0.5) is 11.4 Å². The third-order valence-electron chi connectivity index (χ3n) is 5.17. The highest BCUT2D eigenvalue weighted by Crippen LogP contribution is 2.38. The number of carbonyl (C=O) groups is 2. The third kappa shape index (κ3) is 4.20. The van der Waals surface area contributed by atoms with Crippen LogP contribution in [-0.4, -0.2) is 37.7 Å². The van der Waals surface area contributed by atoms with E-state index in [-0.39, 0.29) is 30.8 Å². The molecule has 7 nitrogen and oxygen atoms in total. The largest absolute Gasteiger partial charge is 0.492 e. The Balaban J connectivity index is 1.40. The van der Waals surface area contributed by atoms with Gasteiger partial charge in [-0.1, -0.05) is 12.1 Å². The summed E-state index contributed by atoms with van der Waals surface area (Å²) in [6.45, 7) is 5.32. The summed E-state index contributed by atoms with van der Waals surface area (Å²) in [5.41, 5.74) is 2.39. The number of nitrogens with one attached hydrogen (secondary N) is 1. The molecule has 0 aromatic heterocycles. The SMILES string of the molecule is CCOc1cc2c(cc1NC(=O)CCC(=O)N1CCOc3ccccc31)OC(C)C2. The Kier molecular flexibility index (Phi) is 5.79. The van der Waals surface area contributed by atoms with Crippen molar-refractivity contribution in [3.05, 3.63) is 42.0 Å². The van der Waals surface area contributed by atoms with E-state index in [0.717, 1.165) is 23.4 Å². The summed E-state index contributed by atoms with van der Waals surface area (Å²) in [6.07, 6.45) is 1.12. The van der Waals surface area contributed by atoms with Crippen LogP contribution in [-0.2, 0) is 16.0 Å². The summed E-state index contributed by atoms with van der Waals surface area (Å²) in [4.78, 5) is 27.0. The van der Waals surface area contributed by atoms with Crippen LogP contribution in [0.25, 0.3) is 0 Å². The van der Waals surface area contributed by atoms with Crippen molar-refractivity contribution in [1.82, 2.24) is 0 Å². The number of amides is 2. The van der Waals surface area contributed by atoms with Crippen LogP contribution in [0.5, 0.6) is 17.2 Å². The molecule has 0 aliphatic carbocycles. The van der Waals surface area contributed by atoms with Gasteiger partial charge in [0.15, 0.2) is 0 Å². The monoisotopic (exact) mass is 410 g/mol. The van der Waals surface area contributed by atoms with E-state index < -0.39 is 0 Å². The molecule has 1 atom stereocenters. The maximum atomic E-state index is 12.7. The van der Waals surface area contributed by atoms with E-state index in [2.05, 4.69) is 5.32 Å². The Morgan fingerprint density at radius 1 is 1.20 bits per heavy atom. The minimum absolute atomic E-state index is 0.0816. The van der Waals surface area contributed by atoms with Crippen LogP contribution in [0.3, 0.4) is 0 Å². The van der Waals surface area contributed by atoms with Gasteiger partial charge in [0.05, 0.1) is 24.5 Å². The van der Waals surface area contributed by atoms with Crippen molar-refractivity contribution in [2.45, 2.75) is 39.2 Å². The highest BCUT2D eigenvalue weighted by atomic mass is 16.5. The Hall–Kier alpha value is -3.22. The van der Waals surface area contributed by atoms with Crippen molar-refractivity contribution >= 4 is 23.2 Å². The average molecular weight is 410 g/mol. The van der Waals surface area contributed by atoms with Crippen molar-refractivity contribution in [2.24, 2.45) is 0 Å². The van der Waals surface area contributed by atoms with Crippen molar-refractivity contribution in [3.8, 4) is 17.2 Å². The van der Waals surface area contributed by atoms with E-state index in [1.165, 1.54) is 0 Å². The van der Waals surface area contributed by atoms with Crippen LogP contribution in [0.2, 0.25) is 0 Å². The van der Waals surface area contributed by atoms with E-state index in [1.807, 2.05) is 50.2 Å². The number of hydrogen-bond donors (Lipinski definition) is 1. The maximum Gasteiger partial charge on any atom is 0.227 e. The molecule has 0 bridgehead atoms. The molecule has 2 aliphatic heterocycles. The van der Waals surface area contributed by atoms with Gasteiger partial charge in [0.25, 0.3) is 0 Å². The number of nitrogens with zero attached hydrogens (tertiary/aromatic N) is 1. The van der Waals surface area contributed by atoms with Gasteiger partial charge < -0.3 is 24.4 Å². The Morgan fingerprint density at radius 2 is 2.03 bits per heavy atom. The molecule has 7 heteroatoms. The average Bonchev–Trinajstić information content (AvgIpc) is 3.10. The van der Waals surface area contributed by atoms with Crippen LogP contribution in [0.1, 0.15) is 32.3 Å². The number of anilines is 2. The topological polar surface area (TPSA) is 77.1 Å². The van der Waals surface area contributed by atoms with E-state index in [1.54, 1.807) is 4.90 Å². The van der Waals surface area contributed by atoms with Crippen molar-refractivity contribution in [2.75, 3.05) is 30.0 Å². The van der Waals surface area contributed by atoms with Gasteiger partial charge in [-0.05, 0) is 32.0 Å². The maximum absolute atomic E-state index is 12.7.